The molecule has 0 fully saturated rings. The number of halogens is 1. The fourth-order valence-electron chi connectivity index (χ4n) is 4.13. The Balaban J connectivity index is 1.47. The maximum atomic E-state index is 14.7. The lowest BCUT2D eigenvalue weighted by molar-refractivity contribution is 0.0172. The van der Waals surface area contributed by atoms with E-state index in [1.54, 1.807) is 34.0 Å². The first-order valence-electron chi connectivity index (χ1n) is 10.9. The quantitative estimate of drug-likeness (QED) is 0.325. The van der Waals surface area contributed by atoms with Gasteiger partial charge in [-0.2, -0.15) is 0 Å². The van der Waals surface area contributed by atoms with E-state index in [0.717, 1.165) is 36.6 Å². The predicted molar refractivity (Wildman–Crippen MR) is 137 cm³/mol. The number of hydrogen-bond donors (Lipinski definition) is 1. The van der Waals surface area contributed by atoms with E-state index in [9.17, 15) is 9.18 Å². The van der Waals surface area contributed by atoms with Crippen LogP contribution in [0.25, 0.3) is 26.0 Å². The van der Waals surface area contributed by atoms with Gasteiger partial charge in [0.1, 0.15) is 16.2 Å². The number of benzene rings is 1. The van der Waals surface area contributed by atoms with E-state index in [1.807, 2.05) is 40.7 Å². The average Bonchev–Trinajstić information content (AvgIpc) is 3.43. The molecule has 4 heterocycles. The molecule has 0 bridgehead atoms. The molecule has 4 aromatic rings. The SMILES string of the molecule is CC(C)(C)OC(=O)N1CC=C(c2cc3c(Nc4cc5ncsc5cc4F)ccnc3s2)C1(C)C. The number of thiazole rings is 1. The number of aromatic nitrogens is 2. The minimum absolute atomic E-state index is 0.329. The number of nitrogens with one attached hydrogen (secondary N) is 1. The van der Waals surface area contributed by atoms with Crippen LogP contribution in [0.4, 0.5) is 20.6 Å². The molecule has 6 nitrogen and oxygen atoms in total. The zero-order chi connectivity index (χ0) is 24.3. The molecule has 1 aliphatic heterocycles. The average molecular weight is 497 g/mol. The molecule has 1 amide bonds. The van der Waals surface area contributed by atoms with Crippen LogP contribution in [0.3, 0.4) is 0 Å². The van der Waals surface area contributed by atoms with Crippen molar-refractivity contribution in [1.29, 1.82) is 0 Å². The van der Waals surface area contributed by atoms with E-state index in [2.05, 4.69) is 27.4 Å². The van der Waals surface area contributed by atoms with E-state index in [-0.39, 0.29) is 11.9 Å². The molecule has 0 saturated carbocycles. The summed E-state index contributed by atoms with van der Waals surface area (Å²) in [6, 6.07) is 7.12. The van der Waals surface area contributed by atoms with Crippen molar-refractivity contribution >= 4 is 66.1 Å². The van der Waals surface area contributed by atoms with E-state index in [0.29, 0.717) is 12.2 Å². The number of carbonyl (C=O) groups excluding carboxylic acids is 1. The van der Waals surface area contributed by atoms with Crippen LogP contribution >= 0.6 is 22.7 Å². The molecule has 34 heavy (non-hydrogen) atoms. The van der Waals surface area contributed by atoms with Gasteiger partial charge in [-0.15, -0.1) is 22.7 Å². The highest BCUT2D eigenvalue weighted by molar-refractivity contribution is 7.19. The Morgan fingerprint density at radius 3 is 2.76 bits per heavy atom. The molecule has 0 unspecified atom stereocenters. The highest BCUT2D eigenvalue weighted by Gasteiger charge is 2.41. The lowest BCUT2D eigenvalue weighted by atomic mass is 9.94. The molecular formula is C25H25FN4O2S2. The number of fused-ring (bicyclic) bond motifs is 2. The Morgan fingerprint density at radius 1 is 1.21 bits per heavy atom. The fourth-order valence-corrected chi connectivity index (χ4v) is 6.03. The number of ether oxygens (including phenoxy) is 1. The lowest BCUT2D eigenvalue weighted by Gasteiger charge is -2.35. The zero-order valence-electron chi connectivity index (χ0n) is 19.6. The largest absolute Gasteiger partial charge is 0.444 e. The monoisotopic (exact) mass is 496 g/mol. The summed E-state index contributed by atoms with van der Waals surface area (Å²) in [5.74, 6) is -0.329. The van der Waals surface area contributed by atoms with Gasteiger partial charge in [-0.05, 0) is 64.5 Å². The van der Waals surface area contributed by atoms with Crippen molar-refractivity contribution in [3.8, 4) is 0 Å². The van der Waals surface area contributed by atoms with Gasteiger partial charge in [-0.1, -0.05) is 6.08 Å². The molecule has 176 valence electrons. The summed E-state index contributed by atoms with van der Waals surface area (Å²) in [6.07, 6.45) is 3.45. The van der Waals surface area contributed by atoms with Crippen LogP contribution in [0.5, 0.6) is 0 Å². The lowest BCUT2D eigenvalue weighted by Crippen LogP contribution is -2.46. The minimum atomic E-state index is -0.561. The number of rotatable bonds is 3. The standard InChI is InChI=1S/C25H25FN4O2S2/c1-24(2,3)32-23(31)30-9-7-15(25(30,4)5)20-10-14-17(6-8-27-22(14)34-20)29-18-12-19-21(11-16(18)26)33-13-28-19/h6-8,10-13H,9H2,1-5H3,(H,27,29). The van der Waals surface area contributed by atoms with Gasteiger partial charge < -0.3 is 10.1 Å². The van der Waals surface area contributed by atoms with E-state index in [4.69, 9.17) is 4.74 Å². The van der Waals surface area contributed by atoms with E-state index >= 15 is 0 Å². The molecule has 1 aliphatic rings. The highest BCUT2D eigenvalue weighted by Crippen LogP contribution is 2.43. The van der Waals surface area contributed by atoms with Crippen LogP contribution in [0.15, 0.2) is 42.0 Å². The number of hydrogen-bond acceptors (Lipinski definition) is 7. The third kappa shape index (κ3) is 4.03. The fraction of sp³-hybridized carbons (Fsp3) is 0.320. The number of carbonyl (C=O) groups is 1. The van der Waals surface area contributed by atoms with Crippen molar-refractivity contribution in [2.45, 2.75) is 45.8 Å². The second-order valence-corrected chi connectivity index (χ2v) is 11.6. The number of anilines is 2. The third-order valence-electron chi connectivity index (χ3n) is 5.82. The Labute approximate surface area is 205 Å². The number of amides is 1. The van der Waals surface area contributed by atoms with Gasteiger partial charge in [0.15, 0.2) is 0 Å². The van der Waals surface area contributed by atoms with Gasteiger partial charge in [-0.25, -0.2) is 19.2 Å². The Kier molecular flexibility index (Phi) is 5.37. The van der Waals surface area contributed by atoms with Crippen LogP contribution in [0, 0.1) is 5.82 Å². The van der Waals surface area contributed by atoms with Crippen molar-refractivity contribution in [2.75, 3.05) is 11.9 Å². The smallest absolute Gasteiger partial charge is 0.411 e. The topological polar surface area (TPSA) is 67.3 Å². The van der Waals surface area contributed by atoms with E-state index < -0.39 is 11.1 Å². The van der Waals surface area contributed by atoms with Crippen molar-refractivity contribution in [3.05, 3.63) is 52.7 Å². The van der Waals surface area contributed by atoms with Gasteiger partial charge in [0, 0.05) is 23.0 Å². The molecule has 1 N–H and O–H groups in total. The van der Waals surface area contributed by atoms with Crippen LogP contribution in [-0.2, 0) is 4.74 Å². The summed E-state index contributed by atoms with van der Waals surface area (Å²) in [5.41, 5.74) is 3.54. The Hall–Kier alpha value is -3.04. The van der Waals surface area contributed by atoms with Crippen LogP contribution < -0.4 is 5.32 Å². The molecule has 5 rings (SSSR count). The van der Waals surface area contributed by atoms with Crippen molar-refractivity contribution in [1.82, 2.24) is 14.9 Å². The number of nitrogens with zero attached hydrogens (tertiary/aromatic N) is 3. The Bertz CT molecular complexity index is 1450. The van der Waals surface area contributed by atoms with Crippen molar-refractivity contribution in [3.63, 3.8) is 0 Å². The molecule has 1 aromatic carbocycles. The molecule has 0 atom stereocenters. The maximum absolute atomic E-state index is 14.7. The number of pyridine rings is 1. The van der Waals surface area contributed by atoms with Crippen LogP contribution in [0.2, 0.25) is 0 Å². The summed E-state index contributed by atoms with van der Waals surface area (Å²) >= 11 is 2.96. The minimum Gasteiger partial charge on any atom is -0.444 e. The molecule has 3 aromatic heterocycles. The normalized spacial score (nSPS) is 15.7. The second kappa shape index (κ2) is 8.02. The zero-order valence-corrected chi connectivity index (χ0v) is 21.2. The molecule has 0 saturated heterocycles. The van der Waals surface area contributed by atoms with Crippen molar-refractivity contribution < 1.29 is 13.9 Å². The van der Waals surface area contributed by atoms with Gasteiger partial charge >= 0.3 is 6.09 Å². The molecule has 0 radical (unpaired) electrons. The first-order valence-corrected chi connectivity index (χ1v) is 12.6. The maximum Gasteiger partial charge on any atom is 0.411 e. The summed E-state index contributed by atoms with van der Waals surface area (Å²) in [7, 11) is 0. The van der Waals surface area contributed by atoms with E-state index in [1.165, 1.54) is 17.4 Å². The molecule has 0 aliphatic carbocycles. The van der Waals surface area contributed by atoms with Gasteiger partial charge in [0.25, 0.3) is 0 Å². The Morgan fingerprint density at radius 2 is 2.00 bits per heavy atom. The van der Waals surface area contributed by atoms with Gasteiger partial charge in [0.2, 0.25) is 0 Å². The molecule has 9 heteroatoms. The number of thiophene rings is 1. The van der Waals surface area contributed by atoms with Crippen LogP contribution in [0.1, 0.15) is 39.5 Å². The first kappa shape index (κ1) is 22.7. The second-order valence-electron chi connectivity index (χ2n) is 9.73. The summed E-state index contributed by atoms with van der Waals surface area (Å²) < 4.78 is 21.1. The summed E-state index contributed by atoms with van der Waals surface area (Å²) in [6.45, 7) is 10.1. The van der Waals surface area contributed by atoms with Gasteiger partial charge in [0.05, 0.1) is 32.6 Å². The van der Waals surface area contributed by atoms with Crippen molar-refractivity contribution in [2.24, 2.45) is 0 Å². The molecule has 0 spiro atoms. The predicted octanol–water partition coefficient (Wildman–Crippen LogP) is 7.20. The third-order valence-corrected chi connectivity index (χ3v) is 7.68. The molecular weight excluding hydrogens is 471 g/mol. The van der Waals surface area contributed by atoms with Crippen LogP contribution in [-0.4, -0.2) is 38.6 Å². The first-order chi connectivity index (χ1) is 16.0. The highest BCUT2D eigenvalue weighted by atomic mass is 32.1. The summed E-state index contributed by atoms with van der Waals surface area (Å²) in [5, 5.41) is 4.12. The van der Waals surface area contributed by atoms with Gasteiger partial charge in [-0.3, -0.25) is 4.90 Å². The summed E-state index contributed by atoms with van der Waals surface area (Å²) in [4.78, 5) is 25.2.